The Morgan fingerprint density at radius 3 is 3.12 bits per heavy atom. The summed E-state index contributed by atoms with van der Waals surface area (Å²) in [5, 5.41) is 4.06. The molecule has 1 aliphatic heterocycles. The van der Waals surface area contributed by atoms with Gasteiger partial charge in [-0.25, -0.2) is 9.97 Å². The van der Waals surface area contributed by atoms with Gasteiger partial charge < -0.3 is 10.3 Å². The molecule has 0 aliphatic carbocycles. The zero-order chi connectivity index (χ0) is 11.9. The van der Waals surface area contributed by atoms with E-state index in [1.165, 1.54) is 12.1 Å². The number of nitrogens with zero attached hydrogens (tertiary/aromatic N) is 2. The fourth-order valence-electron chi connectivity index (χ4n) is 1.91. The summed E-state index contributed by atoms with van der Waals surface area (Å²) in [4.78, 5) is 11.2. The maximum Gasteiger partial charge on any atom is 0.297 e. The molecule has 0 saturated carbocycles. The van der Waals surface area contributed by atoms with Crippen LogP contribution in [0.4, 0.5) is 5.82 Å². The summed E-state index contributed by atoms with van der Waals surface area (Å²) in [5.74, 6) is 2.41. The molecule has 0 amide bonds. The predicted octanol–water partition coefficient (Wildman–Crippen LogP) is 0.576. The first-order chi connectivity index (χ1) is 8.14. The summed E-state index contributed by atoms with van der Waals surface area (Å²) in [6, 6.07) is 1.89. The number of hydrogen-bond acceptors (Lipinski definition) is 5. The van der Waals surface area contributed by atoms with Gasteiger partial charge in [0.15, 0.2) is 5.92 Å². The number of rotatable bonds is 3. The van der Waals surface area contributed by atoms with Gasteiger partial charge in [0.05, 0.1) is 11.9 Å². The molecule has 0 bridgehead atoms. The van der Waals surface area contributed by atoms with E-state index in [2.05, 4.69) is 20.3 Å². The van der Waals surface area contributed by atoms with Gasteiger partial charge in [-0.2, -0.15) is 8.42 Å². The summed E-state index contributed by atoms with van der Waals surface area (Å²) >= 11 is 0. The molecule has 1 fully saturated rings. The summed E-state index contributed by atoms with van der Waals surface area (Å²) in [6.45, 7) is 0.580. The van der Waals surface area contributed by atoms with Gasteiger partial charge in [-0.1, -0.05) is 0 Å². The Bertz CT molecular complexity index is 637. The van der Waals surface area contributed by atoms with Crippen LogP contribution >= 0.6 is 0 Å². The molecule has 0 radical (unpaired) electrons. The topological polar surface area (TPSA) is 87.7 Å². The smallest absolute Gasteiger partial charge is 0.297 e. The van der Waals surface area contributed by atoms with E-state index in [1.54, 1.807) is 6.20 Å². The van der Waals surface area contributed by atoms with E-state index >= 15 is 0 Å². The average molecular weight is 251 g/mol. The summed E-state index contributed by atoms with van der Waals surface area (Å²) in [6.07, 6.45) is 3.27. The first-order valence-corrected chi connectivity index (χ1v) is 6.95. The van der Waals surface area contributed by atoms with Crippen molar-refractivity contribution in [1.82, 2.24) is 15.0 Å². The van der Waals surface area contributed by atoms with E-state index in [4.69, 9.17) is 0 Å². The minimum Gasteiger partial charge on any atom is -0.365 e. The number of hydrogen-bond donors (Lipinski definition) is 2. The monoisotopic (exact) mass is 251 g/mol. The number of nitrogens with one attached hydrogen (secondary N) is 2. The first kappa shape index (κ1) is 10.4. The number of aromatic amines is 1. The maximum absolute atomic E-state index is 11.0. The highest BCUT2D eigenvalue weighted by molar-refractivity contribution is 7.94. The molecule has 88 valence electrons. The highest BCUT2D eigenvalue weighted by atomic mass is 32.2. The van der Waals surface area contributed by atoms with Crippen molar-refractivity contribution in [2.24, 2.45) is 5.92 Å². The van der Waals surface area contributed by atoms with Crippen molar-refractivity contribution in [2.45, 2.75) is 0 Å². The van der Waals surface area contributed by atoms with Gasteiger partial charge in [0, 0.05) is 6.20 Å². The number of fused-ring (bicyclic) bond motifs is 1. The van der Waals surface area contributed by atoms with E-state index in [-0.39, 0.29) is 11.7 Å². The largest absolute Gasteiger partial charge is 0.365 e. The van der Waals surface area contributed by atoms with Crippen LogP contribution in [0.3, 0.4) is 0 Å². The van der Waals surface area contributed by atoms with Gasteiger partial charge in [0.25, 0.3) is 9.84 Å². The second kappa shape index (κ2) is 3.63. The van der Waals surface area contributed by atoms with Gasteiger partial charge in [0.2, 0.25) is 5.75 Å². The zero-order valence-corrected chi connectivity index (χ0v) is 9.74. The second-order valence-electron chi connectivity index (χ2n) is 4.07. The van der Waals surface area contributed by atoms with E-state index in [1.807, 2.05) is 6.07 Å². The van der Waals surface area contributed by atoms with Crippen LogP contribution in [0.5, 0.6) is 0 Å². The maximum atomic E-state index is 11.0. The van der Waals surface area contributed by atoms with Crippen LogP contribution in [-0.4, -0.2) is 35.7 Å². The molecule has 0 unspecified atom stereocenters. The Morgan fingerprint density at radius 1 is 1.53 bits per heavy atom. The number of sulfone groups is 1. The molecule has 1 atom stereocenters. The van der Waals surface area contributed by atoms with E-state index in [0.29, 0.717) is 6.54 Å². The standard InChI is InChI=1S/C10H11N4O2S/c15-17(16)4-7(5-17)3-12-10-8-1-2-11-9(8)13-6-14-10/h1-2,4,6-7H,3,5H2,(H2,11,12,13,14)/q+1/t7-/m0/s1. The normalized spacial score (nSPS) is 21.8. The van der Waals surface area contributed by atoms with Gasteiger partial charge in [-0.05, 0) is 6.07 Å². The molecule has 6 nitrogen and oxygen atoms in total. The van der Waals surface area contributed by atoms with Crippen molar-refractivity contribution in [3.8, 4) is 0 Å². The molecule has 2 N–H and O–H groups in total. The van der Waals surface area contributed by atoms with Crippen LogP contribution in [0.15, 0.2) is 18.6 Å². The molecule has 3 heterocycles. The third kappa shape index (κ3) is 1.93. The van der Waals surface area contributed by atoms with E-state index < -0.39 is 9.84 Å². The third-order valence-corrected chi connectivity index (χ3v) is 4.42. The highest BCUT2D eigenvalue weighted by Gasteiger charge is 2.44. The quantitative estimate of drug-likeness (QED) is 0.779. The molecule has 2 aromatic heterocycles. The number of aromatic nitrogens is 3. The van der Waals surface area contributed by atoms with E-state index in [0.717, 1.165) is 16.9 Å². The van der Waals surface area contributed by atoms with Crippen molar-refractivity contribution in [2.75, 3.05) is 17.6 Å². The van der Waals surface area contributed by atoms with Crippen LogP contribution in [0.1, 0.15) is 0 Å². The molecule has 1 saturated heterocycles. The van der Waals surface area contributed by atoms with Crippen LogP contribution in [0.2, 0.25) is 0 Å². The molecule has 17 heavy (non-hydrogen) atoms. The molecule has 1 aliphatic rings. The van der Waals surface area contributed by atoms with Crippen molar-refractivity contribution < 1.29 is 8.42 Å². The van der Waals surface area contributed by atoms with Crippen molar-refractivity contribution in [3.05, 3.63) is 24.3 Å². The van der Waals surface area contributed by atoms with Gasteiger partial charge in [-0.3, -0.25) is 0 Å². The summed E-state index contributed by atoms with van der Waals surface area (Å²) in [5.41, 5.74) is 0.771. The Balaban J connectivity index is 1.71. The SMILES string of the molecule is O=S1(=O)[CH+][C@H](CNc2ncnc3[nH]ccc23)C1. The minimum absolute atomic E-state index is 0.0731. The molecule has 0 spiro atoms. The Hall–Kier alpha value is -1.76. The Labute approximate surface area is 98.4 Å². The lowest BCUT2D eigenvalue weighted by atomic mass is 10.2. The Kier molecular flexibility index (Phi) is 2.22. The zero-order valence-electron chi connectivity index (χ0n) is 8.92. The lowest BCUT2D eigenvalue weighted by molar-refractivity contribution is 0.558. The molecule has 3 rings (SSSR count). The molecule has 2 aromatic rings. The summed E-state index contributed by atoms with van der Waals surface area (Å²) in [7, 11) is -2.87. The third-order valence-electron chi connectivity index (χ3n) is 2.73. The lowest BCUT2D eigenvalue weighted by Crippen LogP contribution is -2.36. The molecular formula is C10H11N4O2S+. The minimum atomic E-state index is -2.87. The summed E-state index contributed by atoms with van der Waals surface area (Å²) < 4.78 is 21.9. The van der Waals surface area contributed by atoms with Crippen molar-refractivity contribution >= 4 is 26.7 Å². The molecule has 0 aromatic carbocycles. The van der Waals surface area contributed by atoms with Gasteiger partial charge in [0.1, 0.15) is 23.5 Å². The molecular weight excluding hydrogens is 240 g/mol. The van der Waals surface area contributed by atoms with Crippen molar-refractivity contribution in [3.63, 3.8) is 0 Å². The lowest BCUT2D eigenvalue weighted by Gasteiger charge is -2.16. The average Bonchev–Trinajstić information content (AvgIpc) is 2.71. The van der Waals surface area contributed by atoms with Gasteiger partial charge in [-0.15, -0.1) is 0 Å². The van der Waals surface area contributed by atoms with Crippen LogP contribution < -0.4 is 5.32 Å². The fraction of sp³-hybridized carbons (Fsp3) is 0.300. The predicted molar refractivity (Wildman–Crippen MR) is 64.0 cm³/mol. The second-order valence-corrected chi connectivity index (χ2v) is 6.00. The van der Waals surface area contributed by atoms with Crippen LogP contribution in [-0.2, 0) is 9.84 Å². The highest BCUT2D eigenvalue weighted by Crippen LogP contribution is 2.25. The number of H-pyrrole nitrogens is 1. The van der Waals surface area contributed by atoms with Crippen molar-refractivity contribution in [1.29, 1.82) is 0 Å². The van der Waals surface area contributed by atoms with Crippen LogP contribution in [0, 0.1) is 11.7 Å². The fourth-order valence-corrected chi connectivity index (χ4v) is 3.25. The van der Waals surface area contributed by atoms with Gasteiger partial charge >= 0.3 is 0 Å². The first-order valence-electron chi connectivity index (χ1n) is 5.24. The molecule has 7 heteroatoms. The van der Waals surface area contributed by atoms with E-state index in [9.17, 15) is 8.42 Å². The number of anilines is 1. The van der Waals surface area contributed by atoms with Crippen LogP contribution in [0.25, 0.3) is 11.0 Å². The Morgan fingerprint density at radius 2 is 2.35 bits per heavy atom.